The van der Waals surface area contributed by atoms with Gasteiger partial charge in [-0.15, -0.1) is 0 Å². The Balaban J connectivity index is 1.62. The molecule has 0 aliphatic carbocycles. The Morgan fingerprint density at radius 1 is 1.03 bits per heavy atom. The summed E-state index contributed by atoms with van der Waals surface area (Å²) in [4.78, 5) is 17.7. The minimum Gasteiger partial charge on any atom is -0.494 e. The number of nitrogens with zero attached hydrogens (tertiary/aromatic N) is 2. The highest BCUT2D eigenvalue weighted by Crippen LogP contribution is 2.36. The van der Waals surface area contributed by atoms with Gasteiger partial charge in [-0.3, -0.25) is 9.69 Å². The van der Waals surface area contributed by atoms with Gasteiger partial charge in [-0.2, -0.15) is 0 Å². The van der Waals surface area contributed by atoms with Gasteiger partial charge in [0, 0.05) is 6.54 Å². The average Bonchev–Trinajstić information content (AvgIpc) is 3.07. The van der Waals surface area contributed by atoms with Gasteiger partial charge < -0.3 is 9.64 Å². The van der Waals surface area contributed by atoms with E-state index in [9.17, 15) is 4.79 Å². The van der Waals surface area contributed by atoms with Crippen molar-refractivity contribution < 1.29 is 9.53 Å². The molecule has 0 saturated carbocycles. The lowest BCUT2D eigenvalue weighted by Crippen LogP contribution is -2.27. The maximum atomic E-state index is 13.1. The maximum absolute atomic E-state index is 13.1. The van der Waals surface area contributed by atoms with Gasteiger partial charge in [0.05, 0.1) is 17.2 Å². The highest BCUT2D eigenvalue weighted by molar-refractivity contribution is 8.27. The van der Waals surface area contributed by atoms with E-state index in [1.54, 1.807) is 4.90 Å². The van der Waals surface area contributed by atoms with Crippen molar-refractivity contribution in [3.05, 3.63) is 64.6 Å². The van der Waals surface area contributed by atoms with Gasteiger partial charge >= 0.3 is 0 Å². The number of hydrogen-bond donors (Lipinski definition) is 0. The molecule has 176 valence electrons. The number of benzene rings is 2. The van der Waals surface area contributed by atoms with E-state index in [1.165, 1.54) is 17.3 Å². The summed E-state index contributed by atoms with van der Waals surface area (Å²) in [5, 5.41) is 0. The van der Waals surface area contributed by atoms with E-state index in [2.05, 4.69) is 63.8 Å². The topological polar surface area (TPSA) is 32.8 Å². The molecular formula is C27H34N2O2S2. The van der Waals surface area contributed by atoms with Crippen molar-refractivity contribution in [1.82, 2.24) is 4.90 Å². The van der Waals surface area contributed by atoms with Crippen molar-refractivity contribution in [2.24, 2.45) is 0 Å². The van der Waals surface area contributed by atoms with Crippen LogP contribution in [0.5, 0.6) is 5.75 Å². The van der Waals surface area contributed by atoms with E-state index in [-0.39, 0.29) is 11.3 Å². The van der Waals surface area contributed by atoms with Gasteiger partial charge in [0.1, 0.15) is 5.75 Å². The molecule has 1 amide bonds. The number of thioether (sulfide) groups is 1. The summed E-state index contributed by atoms with van der Waals surface area (Å²) in [6.07, 6.45) is 2.90. The van der Waals surface area contributed by atoms with E-state index in [1.807, 2.05) is 30.3 Å². The second-order valence-corrected chi connectivity index (χ2v) is 10.8. The molecule has 4 nitrogen and oxygen atoms in total. The molecule has 33 heavy (non-hydrogen) atoms. The molecule has 0 radical (unpaired) electrons. The van der Waals surface area contributed by atoms with Crippen molar-refractivity contribution >= 4 is 46.0 Å². The Morgan fingerprint density at radius 2 is 1.67 bits per heavy atom. The lowest BCUT2D eigenvalue weighted by atomic mass is 9.87. The van der Waals surface area contributed by atoms with E-state index in [4.69, 9.17) is 17.0 Å². The van der Waals surface area contributed by atoms with Gasteiger partial charge in [-0.1, -0.05) is 82.9 Å². The Labute approximate surface area is 208 Å². The van der Waals surface area contributed by atoms with E-state index < -0.39 is 0 Å². The van der Waals surface area contributed by atoms with Crippen molar-refractivity contribution in [2.45, 2.75) is 46.5 Å². The lowest BCUT2D eigenvalue weighted by Gasteiger charge is -2.18. The molecule has 1 heterocycles. The fourth-order valence-corrected chi connectivity index (χ4v) is 4.93. The largest absolute Gasteiger partial charge is 0.494 e. The first-order valence-corrected chi connectivity index (χ1v) is 12.8. The molecule has 3 rings (SSSR count). The fourth-order valence-electron chi connectivity index (χ4n) is 3.63. The first-order chi connectivity index (χ1) is 15.7. The Bertz CT molecular complexity index is 988. The van der Waals surface area contributed by atoms with Crippen LogP contribution >= 0.6 is 24.0 Å². The molecule has 0 atom stereocenters. The predicted octanol–water partition coefficient (Wildman–Crippen LogP) is 6.50. The molecule has 0 spiro atoms. The van der Waals surface area contributed by atoms with Crippen LogP contribution in [0.4, 0.5) is 5.69 Å². The van der Waals surface area contributed by atoms with E-state index >= 15 is 0 Å². The van der Waals surface area contributed by atoms with Gasteiger partial charge in [-0.25, -0.2) is 0 Å². The third-order valence-corrected chi connectivity index (χ3v) is 7.05. The number of carbonyl (C=O) groups is 1. The molecule has 1 aliphatic rings. The van der Waals surface area contributed by atoms with Crippen LogP contribution in [0.1, 0.15) is 52.2 Å². The second kappa shape index (κ2) is 11.3. The molecule has 0 unspecified atom stereocenters. The van der Waals surface area contributed by atoms with Crippen LogP contribution in [0.25, 0.3) is 6.08 Å². The molecule has 0 bridgehead atoms. The lowest BCUT2D eigenvalue weighted by molar-refractivity contribution is -0.113. The molecule has 0 N–H and O–H groups in total. The van der Waals surface area contributed by atoms with Crippen LogP contribution < -0.4 is 9.64 Å². The molecular weight excluding hydrogens is 448 g/mol. The quantitative estimate of drug-likeness (QED) is 0.231. The number of thiocarbonyl (C=S) groups is 1. The summed E-state index contributed by atoms with van der Waals surface area (Å²) >= 11 is 6.86. The SMILES string of the molecule is CCN(CC)CCCOc1ccc(N2C(=O)/C(=C/c3ccc(C(C)(C)C)cc3)SC2=S)cc1. The van der Waals surface area contributed by atoms with Gasteiger partial charge in [0.25, 0.3) is 5.91 Å². The van der Waals surface area contributed by atoms with Crippen molar-refractivity contribution in [3.8, 4) is 5.75 Å². The smallest absolute Gasteiger partial charge is 0.270 e. The van der Waals surface area contributed by atoms with Gasteiger partial charge in [0.15, 0.2) is 4.32 Å². The number of ether oxygens (including phenoxy) is 1. The summed E-state index contributed by atoms with van der Waals surface area (Å²) in [6, 6.07) is 15.9. The van der Waals surface area contributed by atoms with Crippen LogP contribution in [-0.2, 0) is 10.2 Å². The molecule has 1 fully saturated rings. The van der Waals surface area contributed by atoms with Crippen LogP contribution in [0.15, 0.2) is 53.4 Å². The fraction of sp³-hybridized carbons (Fsp3) is 0.407. The highest BCUT2D eigenvalue weighted by Gasteiger charge is 2.33. The highest BCUT2D eigenvalue weighted by atomic mass is 32.2. The minimum absolute atomic E-state index is 0.0854. The number of amides is 1. The summed E-state index contributed by atoms with van der Waals surface area (Å²) in [6.45, 7) is 14.8. The van der Waals surface area contributed by atoms with Crippen LogP contribution in [-0.4, -0.2) is 41.4 Å². The molecule has 2 aromatic rings. The zero-order chi connectivity index (χ0) is 24.0. The summed E-state index contributed by atoms with van der Waals surface area (Å²) in [5.74, 6) is 0.719. The minimum atomic E-state index is -0.0854. The third-order valence-electron chi connectivity index (χ3n) is 5.74. The monoisotopic (exact) mass is 482 g/mol. The average molecular weight is 483 g/mol. The van der Waals surface area contributed by atoms with E-state index in [0.717, 1.165) is 43.1 Å². The van der Waals surface area contributed by atoms with Crippen LogP contribution in [0.3, 0.4) is 0 Å². The standard InChI is InChI=1S/C27H34N2O2S2/c1-6-28(7-2)17-8-18-31-23-15-13-22(14-16-23)29-25(30)24(33-26(29)32)19-20-9-11-21(12-10-20)27(3,4)5/h9-16,19H,6-8,17-18H2,1-5H3/b24-19-. The van der Waals surface area contributed by atoms with Gasteiger partial charge in [-0.05, 0) is 66.4 Å². The molecule has 6 heteroatoms. The third kappa shape index (κ3) is 6.69. The van der Waals surface area contributed by atoms with Crippen molar-refractivity contribution in [2.75, 3.05) is 31.1 Å². The summed E-state index contributed by atoms with van der Waals surface area (Å²) < 4.78 is 6.42. The normalized spacial score (nSPS) is 15.7. The first-order valence-electron chi connectivity index (χ1n) is 11.6. The number of hydrogen-bond acceptors (Lipinski definition) is 5. The van der Waals surface area contributed by atoms with Gasteiger partial charge in [0.2, 0.25) is 0 Å². The molecule has 2 aromatic carbocycles. The zero-order valence-electron chi connectivity index (χ0n) is 20.3. The Kier molecular flexibility index (Phi) is 8.74. The number of rotatable bonds is 9. The van der Waals surface area contributed by atoms with E-state index in [0.29, 0.717) is 15.8 Å². The zero-order valence-corrected chi connectivity index (χ0v) is 21.9. The number of carbonyl (C=O) groups excluding carboxylic acids is 1. The Morgan fingerprint density at radius 3 is 2.24 bits per heavy atom. The van der Waals surface area contributed by atoms with Crippen LogP contribution in [0.2, 0.25) is 0 Å². The Hall–Kier alpha value is -2.15. The molecule has 0 aromatic heterocycles. The summed E-state index contributed by atoms with van der Waals surface area (Å²) in [7, 11) is 0. The number of anilines is 1. The van der Waals surface area contributed by atoms with Crippen molar-refractivity contribution in [1.29, 1.82) is 0 Å². The predicted molar refractivity (Wildman–Crippen MR) is 145 cm³/mol. The van der Waals surface area contributed by atoms with Crippen molar-refractivity contribution in [3.63, 3.8) is 0 Å². The molecule has 1 saturated heterocycles. The maximum Gasteiger partial charge on any atom is 0.270 e. The summed E-state index contributed by atoms with van der Waals surface area (Å²) in [5.41, 5.74) is 3.13. The molecule has 1 aliphatic heterocycles. The first kappa shape index (κ1) is 25.5. The second-order valence-electron chi connectivity index (χ2n) is 9.11. The van der Waals surface area contributed by atoms with Crippen LogP contribution in [0, 0.1) is 0 Å².